The van der Waals surface area contributed by atoms with Gasteiger partial charge in [0.05, 0.1) is 11.4 Å². The zero-order valence-corrected chi connectivity index (χ0v) is 30.3. The van der Waals surface area contributed by atoms with Gasteiger partial charge < -0.3 is 5.32 Å². The van der Waals surface area contributed by atoms with Crippen LogP contribution in [0, 0.1) is 0 Å². The normalized spacial score (nSPS) is 12.9. The molecule has 9 aromatic rings. The summed E-state index contributed by atoms with van der Waals surface area (Å²) in [5.74, 6) is 0.563. The standard InChI is InChI=1S/C49H35N3S/c1-49(2)41-28-33(24-26-37(41)38-27-25-34(29-42(38)49)36-20-13-21-40-39-19-10-12-23-46(39)53-47(36)40)35-18-9-11-22-43(35)50-48-51-44(31-14-5-3-6-15-31)30-45(52-48)32-16-7-4-8-17-32/h3-30H,1-2H3,(H,50,51,52). The second-order valence-electron chi connectivity index (χ2n) is 14.3. The predicted octanol–water partition coefficient (Wildman–Crippen LogP) is 13.6. The molecule has 10 rings (SSSR count). The van der Waals surface area contributed by atoms with E-state index in [-0.39, 0.29) is 5.41 Å². The molecule has 0 unspecified atom stereocenters. The summed E-state index contributed by atoms with van der Waals surface area (Å²) >= 11 is 1.89. The van der Waals surface area contributed by atoms with Crippen LogP contribution in [0.15, 0.2) is 170 Å². The fraction of sp³-hybridized carbons (Fsp3) is 0.0612. The Hall–Kier alpha value is -6.36. The Bertz CT molecular complexity index is 2780. The smallest absolute Gasteiger partial charge is 0.228 e. The summed E-state index contributed by atoms with van der Waals surface area (Å²) in [6.07, 6.45) is 0. The molecule has 3 nitrogen and oxygen atoms in total. The van der Waals surface area contributed by atoms with Crippen molar-refractivity contribution in [2.75, 3.05) is 5.32 Å². The van der Waals surface area contributed by atoms with Crippen molar-refractivity contribution in [2.24, 2.45) is 0 Å². The number of thiophene rings is 1. The maximum absolute atomic E-state index is 5.01. The third kappa shape index (κ3) is 5.34. The Morgan fingerprint density at radius 3 is 1.68 bits per heavy atom. The topological polar surface area (TPSA) is 37.8 Å². The average Bonchev–Trinajstić information content (AvgIpc) is 3.70. The van der Waals surface area contributed by atoms with Crippen LogP contribution in [0.4, 0.5) is 11.6 Å². The summed E-state index contributed by atoms with van der Waals surface area (Å²) in [7, 11) is 0. The number of aromatic nitrogens is 2. The number of nitrogens with zero attached hydrogens (tertiary/aromatic N) is 2. The largest absolute Gasteiger partial charge is 0.324 e. The van der Waals surface area contributed by atoms with Gasteiger partial charge in [-0.15, -0.1) is 11.3 Å². The molecule has 252 valence electrons. The minimum absolute atomic E-state index is 0.176. The Kier molecular flexibility index (Phi) is 7.34. The molecule has 1 N–H and O–H groups in total. The van der Waals surface area contributed by atoms with Crippen LogP contribution in [0.3, 0.4) is 0 Å². The van der Waals surface area contributed by atoms with E-state index in [0.717, 1.165) is 39.3 Å². The minimum atomic E-state index is -0.176. The number of fused-ring (bicyclic) bond motifs is 6. The molecule has 1 aliphatic rings. The van der Waals surface area contributed by atoms with Gasteiger partial charge in [0.1, 0.15) is 0 Å². The van der Waals surface area contributed by atoms with E-state index in [1.54, 1.807) is 0 Å². The van der Waals surface area contributed by atoms with Crippen molar-refractivity contribution in [3.05, 3.63) is 181 Å². The van der Waals surface area contributed by atoms with E-state index >= 15 is 0 Å². The van der Waals surface area contributed by atoms with Gasteiger partial charge in [-0.25, -0.2) is 9.97 Å². The van der Waals surface area contributed by atoms with E-state index in [2.05, 4.69) is 153 Å². The van der Waals surface area contributed by atoms with Crippen LogP contribution >= 0.6 is 11.3 Å². The molecular formula is C49H35N3S. The zero-order valence-electron chi connectivity index (χ0n) is 29.5. The Morgan fingerprint density at radius 1 is 0.453 bits per heavy atom. The first-order chi connectivity index (χ1) is 26.0. The highest BCUT2D eigenvalue weighted by atomic mass is 32.1. The molecule has 0 aliphatic heterocycles. The van der Waals surface area contributed by atoms with Crippen LogP contribution in [-0.4, -0.2) is 9.97 Å². The fourth-order valence-electron chi connectivity index (χ4n) is 8.03. The molecule has 0 amide bonds. The summed E-state index contributed by atoms with van der Waals surface area (Å²) in [6.45, 7) is 4.73. The predicted molar refractivity (Wildman–Crippen MR) is 224 cm³/mol. The first-order valence-electron chi connectivity index (χ1n) is 18.1. The van der Waals surface area contributed by atoms with Gasteiger partial charge in [0, 0.05) is 48.0 Å². The number of hydrogen-bond acceptors (Lipinski definition) is 4. The summed E-state index contributed by atoms with van der Waals surface area (Å²) < 4.78 is 2.68. The lowest BCUT2D eigenvalue weighted by molar-refractivity contribution is 0.661. The molecule has 2 heterocycles. The summed E-state index contributed by atoms with van der Waals surface area (Å²) in [4.78, 5) is 10.0. The summed E-state index contributed by atoms with van der Waals surface area (Å²) in [5, 5.41) is 6.29. The van der Waals surface area contributed by atoms with Crippen molar-refractivity contribution in [1.82, 2.24) is 9.97 Å². The number of anilines is 2. The monoisotopic (exact) mass is 697 g/mol. The number of benzene rings is 7. The van der Waals surface area contributed by atoms with Crippen LogP contribution in [0.1, 0.15) is 25.0 Å². The lowest BCUT2D eigenvalue weighted by Crippen LogP contribution is -2.15. The highest BCUT2D eigenvalue weighted by molar-refractivity contribution is 7.26. The maximum Gasteiger partial charge on any atom is 0.228 e. The van der Waals surface area contributed by atoms with Gasteiger partial charge in [0.15, 0.2) is 0 Å². The second-order valence-corrected chi connectivity index (χ2v) is 15.3. The number of hydrogen-bond donors (Lipinski definition) is 1. The van der Waals surface area contributed by atoms with Crippen molar-refractivity contribution in [3.63, 3.8) is 0 Å². The molecule has 7 aromatic carbocycles. The maximum atomic E-state index is 5.01. The second kappa shape index (κ2) is 12.4. The van der Waals surface area contributed by atoms with Crippen molar-refractivity contribution in [3.8, 4) is 55.9 Å². The van der Waals surface area contributed by atoms with E-state index in [1.165, 1.54) is 53.6 Å². The molecule has 53 heavy (non-hydrogen) atoms. The van der Waals surface area contributed by atoms with E-state index in [1.807, 2.05) is 47.7 Å². The molecule has 0 atom stereocenters. The van der Waals surface area contributed by atoms with Crippen LogP contribution in [0.25, 0.3) is 76.1 Å². The Labute approximate surface area is 313 Å². The fourth-order valence-corrected chi connectivity index (χ4v) is 9.27. The average molecular weight is 698 g/mol. The lowest BCUT2D eigenvalue weighted by Gasteiger charge is -2.23. The first kappa shape index (κ1) is 31.4. The van der Waals surface area contributed by atoms with Crippen molar-refractivity contribution in [2.45, 2.75) is 19.3 Å². The van der Waals surface area contributed by atoms with Crippen molar-refractivity contribution < 1.29 is 0 Å². The summed E-state index contributed by atoms with van der Waals surface area (Å²) in [5.41, 5.74) is 14.8. The third-order valence-electron chi connectivity index (χ3n) is 10.7. The molecular weight excluding hydrogens is 663 g/mol. The van der Waals surface area contributed by atoms with Gasteiger partial charge in [-0.05, 0) is 69.3 Å². The molecule has 0 bridgehead atoms. The van der Waals surface area contributed by atoms with Crippen molar-refractivity contribution in [1.29, 1.82) is 0 Å². The molecule has 0 saturated carbocycles. The van der Waals surface area contributed by atoms with Gasteiger partial charge in [-0.2, -0.15) is 0 Å². The number of para-hydroxylation sites is 1. The van der Waals surface area contributed by atoms with Crippen LogP contribution in [0.5, 0.6) is 0 Å². The molecule has 0 fully saturated rings. The lowest BCUT2D eigenvalue weighted by atomic mass is 9.80. The van der Waals surface area contributed by atoms with Gasteiger partial charge in [0.2, 0.25) is 5.95 Å². The van der Waals surface area contributed by atoms with E-state index in [4.69, 9.17) is 9.97 Å². The minimum Gasteiger partial charge on any atom is -0.324 e. The first-order valence-corrected chi connectivity index (χ1v) is 18.9. The van der Waals surface area contributed by atoms with E-state index < -0.39 is 0 Å². The third-order valence-corrected chi connectivity index (χ3v) is 12.0. The van der Waals surface area contributed by atoms with Gasteiger partial charge in [0.25, 0.3) is 0 Å². The highest BCUT2D eigenvalue weighted by Gasteiger charge is 2.36. The van der Waals surface area contributed by atoms with E-state index in [0.29, 0.717) is 5.95 Å². The molecule has 0 spiro atoms. The molecule has 4 heteroatoms. The number of rotatable bonds is 6. The van der Waals surface area contributed by atoms with Crippen molar-refractivity contribution >= 4 is 43.1 Å². The molecule has 1 aliphatic carbocycles. The van der Waals surface area contributed by atoms with Gasteiger partial charge in [-0.1, -0.05) is 153 Å². The molecule has 2 aromatic heterocycles. The molecule has 0 radical (unpaired) electrons. The quantitative estimate of drug-likeness (QED) is 0.188. The van der Waals surface area contributed by atoms with Crippen LogP contribution < -0.4 is 5.32 Å². The van der Waals surface area contributed by atoms with Gasteiger partial charge in [-0.3, -0.25) is 0 Å². The van der Waals surface area contributed by atoms with Gasteiger partial charge >= 0.3 is 0 Å². The SMILES string of the molecule is CC1(C)c2cc(-c3ccccc3Nc3nc(-c4ccccc4)cc(-c4ccccc4)n3)ccc2-c2ccc(-c3cccc4c3sc3ccccc34)cc21. The number of nitrogens with one attached hydrogen (secondary N) is 1. The summed E-state index contributed by atoms with van der Waals surface area (Å²) in [6, 6.07) is 60.6. The highest BCUT2D eigenvalue weighted by Crippen LogP contribution is 2.51. The van der Waals surface area contributed by atoms with E-state index in [9.17, 15) is 0 Å². The van der Waals surface area contributed by atoms with Crippen LogP contribution in [0.2, 0.25) is 0 Å². The Morgan fingerprint density at radius 2 is 1.00 bits per heavy atom. The van der Waals surface area contributed by atoms with Crippen LogP contribution in [-0.2, 0) is 5.41 Å². The molecule has 0 saturated heterocycles. The Balaban J connectivity index is 1.02. The zero-order chi connectivity index (χ0) is 35.5.